The average Bonchev–Trinajstić information content (AvgIpc) is 3.11. The van der Waals surface area contributed by atoms with Crippen LogP contribution in [0.1, 0.15) is 43.0 Å². The number of ketones is 1. The molecule has 0 aliphatic carbocycles. The first-order chi connectivity index (χ1) is 10.7. The third-order valence-electron chi connectivity index (χ3n) is 4.40. The molecule has 118 valence electrons. The van der Waals surface area contributed by atoms with Crippen molar-refractivity contribution < 1.29 is 13.6 Å². The topological polar surface area (TPSA) is 39.4 Å². The van der Waals surface area contributed by atoms with Crippen molar-refractivity contribution in [2.45, 2.75) is 45.0 Å². The standard InChI is InChI=1S/C18H24O3Si/c1-4-22(5-2,6-3)21-18(16-13-10-14-20-16)17(19)15-11-8-7-9-12-15/h7-14,18H,4-6H2,1-3H3. The van der Waals surface area contributed by atoms with Crippen molar-refractivity contribution in [2.24, 2.45) is 0 Å². The lowest BCUT2D eigenvalue weighted by atomic mass is 10.1. The predicted molar refractivity (Wildman–Crippen MR) is 90.5 cm³/mol. The molecule has 0 aliphatic heterocycles. The first-order valence-electron chi connectivity index (χ1n) is 7.96. The monoisotopic (exact) mass is 316 g/mol. The van der Waals surface area contributed by atoms with Gasteiger partial charge in [0, 0.05) is 5.56 Å². The minimum Gasteiger partial charge on any atom is -0.466 e. The quantitative estimate of drug-likeness (QED) is 0.495. The molecule has 22 heavy (non-hydrogen) atoms. The summed E-state index contributed by atoms with van der Waals surface area (Å²) >= 11 is 0. The molecule has 0 saturated carbocycles. The Balaban J connectivity index is 2.34. The first kappa shape index (κ1) is 16.7. The Hall–Kier alpha value is -1.65. The van der Waals surface area contributed by atoms with Crippen molar-refractivity contribution >= 4 is 14.1 Å². The number of benzene rings is 1. The number of Topliss-reactive ketones (excluding diaryl/α,β-unsaturated/α-hetero) is 1. The van der Waals surface area contributed by atoms with Crippen molar-refractivity contribution in [1.29, 1.82) is 0 Å². The highest BCUT2D eigenvalue weighted by atomic mass is 28.4. The molecule has 3 nitrogen and oxygen atoms in total. The normalized spacial score (nSPS) is 13.0. The van der Waals surface area contributed by atoms with Crippen molar-refractivity contribution in [3.63, 3.8) is 0 Å². The van der Waals surface area contributed by atoms with Crippen LogP contribution in [0.3, 0.4) is 0 Å². The molecule has 1 atom stereocenters. The Morgan fingerprint density at radius 1 is 1.05 bits per heavy atom. The van der Waals surface area contributed by atoms with Gasteiger partial charge in [-0.25, -0.2) is 0 Å². The molecule has 1 unspecified atom stereocenters. The lowest BCUT2D eigenvalue weighted by Gasteiger charge is -2.31. The van der Waals surface area contributed by atoms with E-state index in [1.165, 1.54) is 0 Å². The van der Waals surface area contributed by atoms with Gasteiger partial charge in [-0.1, -0.05) is 51.1 Å². The van der Waals surface area contributed by atoms with Crippen molar-refractivity contribution in [3.8, 4) is 0 Å². The van der Waals surface area contributed by atoms with Gasteiger partial charge in [0.25, 0.3) is 0 Å². The second kappa shape index (κ2) is 7.56. The van der Waals surface area contributed by atoms with Crippen LogP contribution in [0, 0.1) is 0 Å². The van der Waals surface area contributed by atoms with Crippen molar-refractivity contribution in [2.75, 3.05) is 0 Å². The van der Waals surface area contributed by atoms with Gasteiger partial charge in [-0.15, -0.1) is 0 Å². The second-order valence-corrected chi connectivity index (χ2v) is 10.2. The van der Waals surface area contributed by atoms with Crippen LogP contribution in [0.2, 0.25) is 18.1 Å². The molecule has 0 radical (unpaired) electrons. The van der Waals surface area contributed by atoms with E-state index in [1.807, 2.05) is 36.4 Å². The summed E-state index contributed by atoms with van der Waals surface area (Å²) in [4.78, 5) is 12.9. The molecule has 1 heterocycles. The summed E-state index contributed by atoms with van der Waals surface area (Å²) in [6, 6.07) is 15.9. The maximum Gasteiger partial charge on any atom is 0.198 e. The molecule has 0 saturated heterocycles. The smallest absolute Gasteiger partial charge is 0.198 e. The molecule has 4 heteroatoms. The summed E-state index contributed by atoms with van der Waals surface area (Å²) in [6.07, 6.45) is 0.959. The van der Waals surface area contributed by atoms with E-state index in [-0.39, 0.29) is 5.78 Å². The average molecular weight is 316 g/mol. The van der Waals surface area contributed by atoms with Gasteiger partial charge >= 0.3 is 0 Å². The third-order valence-corrected chi connectivity index (χ3v) is 9.00. The van der Waals surface area contributed by atoms with Crippen molar-refractivity contribution in [1.82, 2.24) is 0 Å². The van der Waals surface area contributed by atoms with Gasteiger partial charge in [0.05, 0.1) is 6.26 Å². The maximum absolute atomic E-state index is 12.9. The summed E-state index contributed by atoms with van der Waals surface area (Å²) in [6.45, 7) is 6.47. The highest BCUT2D eigenvalue weighted by molar-refractivity contribution is 6.73. The van der Waals surface area contributed by atoms with Gasteiger partial charge in [-0.05, 0) is 30.3 Å². The van der Waals surface area contributed by atoms with Crippen LogP contribution >= 0.6 is 0 Å². The van der Waals surface area contributed by atoms with Gasteiger partial charge in [0.15, 0.2) is 20.2 Å². The molecular weight excluding hydrogens is 292 g/mol. The van der Waals surface area contributed by atoms with E-state index in [0.29, 0.717) is 11.3 Å². The molecule has 2 aromatic rings. The lowest BCUT2D eigenvalue weighted by Crippen LogP contribution is -2.39. The highest BCUT2D eigenvalue weighted by Crippen LogP contribution is 2.32. The second-order valence-electron chi connectivity index (χ2n) is 5.49. The van der Waals surface area contributed by atoms with E-state index in [0.717, 1.165) is 18.1 Å². The Morgan fingerprint density at radius 3 is 2.18 bits per heavy atom. The van der Waals surface area contributed by atoms with Crippen LogP contribution in [0.4, 0.5) is 0 Å². The van der Waals surface area contributed by atoms with Crippen LogP contribution in [-0.2, 0) is 4.43 Å². The number of hydrogen-bond acceptors (Lipinski definition) is 3. The summed E-state index contributed by atoms with van der Waals surface area (Å²) < 4.78 is 11.9. The van der Waals surface area contributed by atoms with E-state index in [9.17, 15) is 4.79 Å². The van der Waals surface area contributed by atoms with Crippen LogP contribution in [0.25, 0.3) is 0 Å². The van der Waals surface area contributed by atoms with E-state index in [4.69, 9.17) is 8.84 Å². The molecule has 0 amide bonds. The molecule has 1 aromatic carbocycles. The highest BCUT2D eigenvalue weighted by Gasteiger charge is 2.36. The zero-order chi connectivity index (χ0) is 16.0. The fourth-order valence-corrected chi connectivity index (χ4v) is 5.41. The molecular formula is C18H24O3Si. The van der Waals surface area contributed by atoms with E-state index < -0.39 is 14.4 Å². The molecule has 2 rings (SSSR count). The Kier molecular flexibility index (Phi) is 5.74. The van der Waals surface area contributed by atoms with E-state index >= 15 is 0 Å². The van der Waals surface area contributed by atoms with Crippen molar-refractivity contribution in [3.05, 3.63) is 60.1 Å². The van der Waals surface area contributed by atoms with Crippen LogP contribution < -0.4 is 0 Å². The number of carbonyl (C=O) groups is 1. The van der Waals surface area contributed by atoms with Crippen LogP contribution in [0.15, 0.2) is 53.1 Å². The summed E-state index contributed by atoms with van der Waals surface area (Å²) in [5.41, 5.74) is 0.662. The minimum atomic E-state index is -1.91. The van der Waals surface area contributed by atoms with E-state index in [1.54, 1.807) is 12.3 Å². The third kappa shape index (κ3) is 3.57. The maximum atomic E-state index is 12.9. The zero-order valence-electron chi connectivity index (χ0n) is 13.5. The summed E-state index contributed by atoms with van der Waals surface area (Å²) in [7, 11) is -1.91. The van der Waals surface area contributed by atoms with E-state index in [2.05, 4.69) is 20.8 Å². The first-order valence-corrected chi connectivity index (χ1v) is 10.5. The van der Waals surface area contributed by atoms with Gasteiger partial charge in [-0.3, -0.25) is 4.79 Å². The number of carbonyl (C=O) groups excluding carboxylic acids is 1. The summed E-state index contributed by atoms with van der Waals surface area (Å²) in [5.74, 6) is 0.573. The molecule has 0 aliphatic rings. The number of hydrogen-bond donors (Lipinski definition) is 0. The molecule has 0 N–H and O–H groups in total. The zero-order valence-corrected chi connectivity index (χ0v) is 14.5. The molecule has 0 spiro atoms. The van der Waals surface area contributed by atoms with Gasteiger partial charge in [0.2, 0.25) is 0 Å². The van der Waals surface area contributed by atoms with Gasteiger partial charge in [0.1, 0.15) is 5.76 Å². The minimum absolute atomic E-state index is 0.0252. The van der Waals surface area contributed by atoms with Crippen LogP contribution in [-0.4, -0.2) is 14.1 Å². The molecule has 0 fully saturated rings. The Morgan fingerprint density at radius 2 is 1.68 bits per heavy atom. The predicted octanol–water partition coefficient (Wildman–Crippen LogP) is 5.23. The van der Waals surface area contributed by atoms with Gasteiger partial charge < -0.3 is 8.84 Å². The molecule has 0 bridgehead atoms. The lowest BCUT2D eigenvalue weighted by molar-refractivity contribution is 0.0732. The summed E-state index contributed by atoms with van der Waals surface area (Å²) in [5, 5.41) is 0. The Bertz CT molecular complexity index is 565. The SMILES string of the molecule is CC[Si](CC)(CC)OC(C(=O)c1ccccc1)c1ccco1. The largest absolute Gasteiger partial charge is 0.466 e. The Labute approximate surface area is 133 Å². The number of rotatable bonds is 8. The van der Waals surface area contributed by atoms with Crippen LogP contribution in [0.5, 0.6) is 0 Å². The number of furan rings is 1. The fourth-order valence-electron chi connectivity index (χ4n) is 2.69. The fraction of sp³-hybridized carbons (Fsp3) is 0.389. The molecule has 1 aromatic heterocycles. The van der Waals surface area contributed by atoms with Gasteiger partial charge in [-0.2, -0.15) is 0 Å².